The molecule has 0 spiro atoms. The number of carbonyl (C=O) groups excluding carboxylic acids is 2. The zero-order valence-corrected chi connectivity index (χ0v) is 17.0. The van der Waals surface area contributed by atoms with Crippen LogP contribution in [0.15, 0.2) is 17.5 Å². The monoisotopic (exact) mass is 381 g/mol. The fourth-order valence-electron chi connectivity index (χ4n) is 3.07. The Balaban J connectivity index is 1.84. The average molecular weight is 382 g/mol. The van der Waals surface area contributed by atoms with Gasteiger partial charge in [0, 0.05) is 26.2 Å². The summed E-state index contributed by atoms with van der Waals surface area (Å²) < 4.78 is 5.78. The van der Waals surface area contributed by atoms with Gasteiger partial charge in [0.25, 0.3) is 5.91 Å². The molecule has 1 aromatic heterocycles. The third kappa shape index (κ3) is 6.37. The lowest BCUT2D eigenvalue weighted by Crippen LogP contribution is -2.53. The summed E-state index contributed by atoms with van der Waals surface area (Å²) in [5.74, 6) is 0.255. The van der Waals surface area contributed by atoms with E-state index in [0.29, 0.717) is 23.9 Å². The number of hydrogen-bond donors (Lipinski definition) is 2. The minimum atomic E-state index is -0.556. The summed E-state index contributed by atoms with van der Waals surface area (Å²) in [5.41, 5.74) is 0. The number of thiophene rings is 1. The van der Waals surface area contributed by atoms with E-state index in [0.717, 1.165) is 19.6 Å². The zero-order chi connectivity index (χ0) is 19.1. The number of amides is 2. The van der Waals surface area contributed by atoms with Gasteiger partial charge in [-0.05, 0) is 23.3 Å². The highest BCUT2D eigenvalue weighted by Crippen LogP contribution is 2.11. The summed E-state index contributed by atoms with van der Waals surface area (Å²) in [6.45, 7) is 12.2. The highest BCUT2D eigenvalue weighted by molar-refractivity contribution is 7.12. The maximum atomic E-state index is 12.6. The first kappa shape index (κ1) is 20.9. The number of nitrogens with zero attached hydrogens (tertiary/aromatic N) is 1. The fraction of sp³-hybridized carbons (Fsp3) is 0.684. The quantitative estimate of drug-likeness (QED) is 0.722. The Hall–Kier alpha value is -1.44. The van der Waals surface area contributed by atoms with Gasteiger partial charge in [0.1, 0.15) is 6.04 Å². The molecule has 1 fully saturated rings. The van der Waals surface area contributed by atoms with Crippen molar-refractivity contribution in [1.29, 1.82) is 0 Å². The molecule has 0 unspecified atom stereocenters. The van der Waals surface area contributed by atoms with Crippen LogP contribution in [0.4, 0.5) is 0 Å². The lowest BCUT2D eigenvalue weighted by Gasteiger charge is -2.34. The lowest BCUT2D eigenvalue weighted by molar-refractivity contribution is -0.125. The van der Waals surface area contributed by atoms with Crippen molar-refractivity contribution < 1.29 is 14.3 Å². The molecule has 1 aromatic rings. The molecule has 2 amide bonds. The molecule has 2 rings (SSSR count). The Morgan fingerprint density at radius 1 is 1.35 bits per heavy atom. The Morgan fingerprint density at radius 3 is 2.73 bits per heavy atom. The molecule has 146 valence electrons. The molecule has 1 aliphatic heterocycles. The Morgan fingerprint density at radius 2 is 2.12 bits per heavy atom. The summed E-state index contributed by atoms with van der Waals surface area (Å²) in [5, 5.41) is 7.66. The van der Waals surface area contributed by atoms with Gasteiger partial charge in [0.05, 0.1) is 17.6 Å². The number of hydrogen-bond acceptors (Lipinski definition) is 5. The highest BCUT2D eigenvalue weighted by Gasteiger charge is 2.27. The van der Waals surface area contributed by atoms with Crippen LogP contribution >= 0.6 is 11.3 Å². The second kappa shape index (κ2) is 10.0. The molecule has 0 aromatic carbocycles. The normalized spacial score (nSPS) is 19.5. The minimum absolute atomic E-state index is 0.00336. The van der Waals surface area contributed by atoms with Gasteiger partial charge in [-0.3, -0.25) is 14.5 Å². The van der Waals surface area contributed by atoms with Crippen molar-refractivity contribution in [3.63, 3.8) is 0 Å². The van der Waals surface area contributed by atoms with Crippen LogP contribution in [0.1, 0.15) is 37.4 Å². The molecule has 2 heterocycles. The third-order valence-electron chi connectivity index (χ3n) is 4.33. The first-order chi connectivity index (χ1) is 12.4. The molecular weight excluding hydrogens is 350 g/mol. The maximum absolute atomic E-state index is 12.6. The topological polar surface area (TPSA) is 70.7 Å². The van der Waals surface area contributed by atoms with Crippen LogP contribution in [-0.4, -0.2) is 61.6 Å². The second-order valence-corrected chi connectivity index (χ2v) is 8.51. The van der Waals surface area contributed by atoms with Gasteiger partial charge in [0.2, 0.25) is 5.91 Å². The van der Waals surface area contributed by atoms with E-state index < -0.39 is 6.04 Å². The average Bonchev–Trinajstić information content (AvgIpc) is 3.11. The predicted molar refractivity (Wildman–Crippen MR) is 104 cm³/mol. The molecule has 0 saturated carbocycles. The Labute approximate surface area is 160 Å². The van der Waals surface area contributed by atoms with Gasteiger partial charge in [-0.1, -0.05) is 33.8 Å². The van der Waals surface area contributed by atoms with Gasteiger partial charge in [0.15, 0.2) is 0 Å². The van der Waals surface area contributed by atoms with Crippen LogP contribution < -0.4 is 10.6 Å². The van der Waals surface area contributed by atoms with Crippen molar-refractivity contribution in [1.82, 2.24) is 15.5 Å². The molecule has 2 N–H and O–H groups in total. The summed E-state index contributed by atoms with van der Waals surface area (Å²) in [4.78, 5) is 27.9. The van der Waals surface area contributed by atoms with Crippen molar-refractivity contribution in [3.05, 3.63) is 22.4 Å². The standard InChI is InChI=1S/C19H31N3O3S/c1-13(2)11-22-7-8-25-15(12-22)10-20-19(24)17(14(3)4)21-18(23)16-6-5-9-26-16/h5-6,9,13-15,17H,7-8,10-12H2,1-4H3,(H,20,24)(H,21,23)/t15-,17+/m1/s1. The van der Waals surface area contributed by atoms with Crippen LogP contribution in [0.25, 0.3) is 0 Å². The largest absolute Gasteiger partial charge is 0.374 e. The summed E-state index contributed by atoms with van der Waals surface area (Å²) in [6.07, 6.45) is -0.00717. The molecule has 7 heteroatoms. The third-order valence-corrected chi connectivity index (χ3v) is 5.20. The van der Waals surface area contributed by atoms with Crippen molar-refractivity contribution in [3.8, 4) is 0 Å². The van der Waals surface area contributed by atoms with Crippen molar-refractivity contribution >= 4 is 23.2 Å². The van der Waals surface area contributed by atoms with Crippen LogP contribution in [0, 0.1) is 11.8 Å². The van der Waals surface area contributed by atoms with Gasteiger partial charge in [-0.2, -0.15) is 0 Å². The summed E-state index contributed by atoms with van der Waals surface area (Å²) in [7, 11) is 0. The van der Waals surface area contributed by atoms with E-state index in [-0.39, 0.29) is 23.8 Å². The van der Waals surface area contributed by atoms with Gasteiger partial charge >= 0.3 is 0 Å². The summed E-state index contributed by atoms with van der Waals surface area (Å²) >= 11 is 1.37. The predicted octanol–water partition coefficient (Wildman–Crippen LogP) is 1.98. The molecule has 1 saturated heterocycles. The first-order valence-electron chi connectivity index (χ1n) is 9.32. The molecule has 26 heavy (non-hydrogen) atoms. The fourth-order valence-corrected chi connectivity index (χ4v) is 3.69. The van der Waals surface area contributed by atoms with Crippen LogP contribution in [0.5, 0.6) is 0 Å². The van der Waals surface area contributed by atoms with E-state index in [1.165, 1.54) is 11.3 Å². The van der Waals surface area contributed by atoms with E-state index in [4.69, 9.17) is 4.74 Å². The van der Waals surface area contributed by atoms with Gasteiger partial charge in [-0.15, -0.1) is 11.3 Å². The van der Waals surface area contributed by atoms with Crippen LogP contribution in [0.2, 0.25) is 0 Å². The van der Waals surface area contributed by atoms with E-state index in [1.807, 2.05) is 25.3 Å². The number of carbonyl (C=O) groups is 2. The van der Waals surface area contributed by atoms with Crippen LogP contribution in [0.3, 0.4) is 0 Å². The summed E-state index contributed by atoms with van der Waals surface area (Å²) in [6, 6.07) is 3.03. The lowest BCUT2D eigenvalue weighted by atomic mass is 10.0. The Bertz CT molecular complexity index is 575. The number of rotatable bonds is 8. The molecular formula is C19H31N3O3S. The van der Waals surface area contributed by atoms with Crippen molar-refractivity contribution in [2.75, 3.05) is 32.8 Å². The van der Waals surface area contributed by atoms with Crippen molar-refractivity contribution in [2.24, 2.45) is 11.8 Å². The first-order valence-corrected chi connectivity index (χ1v) is 10.2. The van der Waals surface area contributed by atoms with E-state index >= 15 is 0 Å². The zero-order valence-electron chi connectivity index (χ0n) is 16.2. The SMILES string of the molecule is CC(C)CN1CCO[C@H](CNC(=O)[C@@H](NC(=O)c2cccs2)C(C)C)C1. The van der Waals surface area contributed by atoms with Gasteiger partial charge in [-0.25, -0.2) is 0 Å². The maximum Gasteiger partial charge on any atom is 0.262 e. The second-order valence-electron chi connectivity index (χ2n) is 7.56. The molecule has 2 atom stereocenters. The molecule has 1 aliphatic rings. The van der Waals surface area contributed by atoms with E-state index in [1.54, 1.807) is 6.07 Å². The number of morpholine rings is 1. The molecule has 0 aliphatic carbocycles. The van der Waals surface area contributed by atoms with E-state index in [2.05, 4.69) is 29.4 Å². The van der Waals surface area contributed by atoms with Crippen LogP contribution in [-0.2, 0) is 9.53 Å². The van der Waals surface area contributed by atoms with Crippen molar-refractivity contribution in [2.45, 2.75) is 39.8 Å². The van der Waals surface area contributed by atoms with Gasteiger partial charge < -0.3 is 15.4 Å². The Kier molecular flexibility index (Phi) is 8.06. The minimum Gasteiger partial charge on any atom is -0.374 e. The number of ether oxygens (including phenoxy) is 1. The van der Waals surface area contributed by atoms with E-state index in [9.17, 15) is 9.59 Å². The number of nitrogens with one attached hydrogen (secondary N) is 2. The molecule has 0 bridgehead atoms. The smallest absolute Gasteiger partial charge is 0.262 e. The molecule has 0 radical (unpaired) electrons. The highest BCUT2D eigenvalue weighted by atomic mass is 32.1. The molecule has 6 nitrogen and oxygen atoms in total.